The molecule has 0 spiro atoms. The highest BCUT2D eigenvalue weighted by atomic mass is 19.2. The average molecular weight is 269 g/mol. The first-order valence-electron chi connectivity index (χ1n) is 5.60. The molecule has 4 atom stereocenters. The molecule has 0 aliphatic carbocycles. The summed E-state index contributed by atoms with van der Waals surface area (Å²) in [4.78, 5) is 11.6. The second kappa shape index (κ2) is 3.83. The molecule has 19 heavy (non-hydrogen) atoms. The molecule has 2 aromatic heterocycles. The van der Waals surface area contributed by atoms with E-state index in [-0.39, 0.29) is 17.0 Å². The molecule has 1 saturated heterocycles. The summed E-state index contributed by atoms with van der Waals surface area (Å²) in [6.07, 6.45) is -1.54. The Kier molecular flexibility index (Phi) is 2.46. The minimum absolute atomic E-state index is 0.137. The van der Waals surface area contributed by atoms with E-state index < -0.39 is 24.3 Å². The highest BCUT2D eigenvalue weighted by Crippen LogP contribution is 2.40. The lowest BCUT2D eigenvalue weighted by Crippen LogP contribution is -2.41. The van der Waals surface area contributed by atoms with E-state index in [0.29, 0.717) is 0 Å². The molecular weight excluding hydrogens is 257 g/mol. The third-order valence-corrected chi connectivity index (χ3v) is 3.19. The van der Waals surface area contributed by atoms with Crippen LogP contribution in [-0.2, 0) is 4.74 Å². The van der Waals surface area contributed by atoms with Crippen molar-refractivity contribution in [2.24, 2.45) is 0 Å². The van der Waals surface area contributed by atoms with Crippen molar-refractivity contribution in [3.8, 4) is 0 Å². The Morgan fingerprint density at radius 3 is 2.84 bits per heavy atom. The van der Waals surface area contributed by atoms with Gasteiger partial charge in [0.15, 0.2) is 17.7 Å². The maximum Gasteiger partial charge on any atom is 0.281 e. The van der Waals surface area contributed by atoms with Crippen LogP contribution in [0.2, 0.25) is 0 Å². The zero-order valence-corrected chi connectivity index (χ0v) is 9.93. The van der Waals surface area contributed by atoms with Crippen molar-refractivity contribution in [2.45, 2.75) is 31.2 Å². The van der Waals surface area contributed by atoms with Crippen LogP contribution in [0.1, 0.15) is 13.2 Å². The van der Waals surface area contributed by atoms with Gasteiger partial charge in [-0.3, -0.25) is 4.57 Å². The van der Waals surface area contributed by atoms with E-state index in [1.54, 1.807) is 0 Å². The van der Waals surface area contributed by atoms with Gasteiger partial charge >= 0.3 is 0 Å². The van der Waals surface area contributed by atoms with Gasteiger partial charge in [0, 0.05) is 0 Å². The van der Waals surface area contributed by atoms with Crippen molar-refractivity contribution >= 4 is 17.0 Å². The second-order valence-corrected chi connectivity index (χ2v) is 4.45. The van der Waals surface area contributed by atoms with Crippen LogP contribution in [0.4, 0.5) is 10.2 Å². The molecule has 0 amide bonds. The van der Waals surface area contributed by atoms with Gasteiger partial charge in [0.25, 0.3) is 5.85 Å². The molecule has 9 heteroatoms. The lowest BCUT2D eigenvalue weighted by molar-refractivity contribution is -0.195. The zero-order valence-electron chi connectivity index (χ0n) is 9.93. The lowest BCUT2D eigenvalue weighted by Gasteiger charge is -2.22. The topological polar surface area (TPSA) is 119 Å². The van der Waals surface area contributed by atoms with Crippen molar-refractivity contribution < 1.29 is 19.3 Å². The molecule has 0 radical (unpaired) electrons. The molecule has 8 nitrogen and oxygen atoms in total. The SMILES string of the molecule is C[C@H]1O[C@@H](n2cnc3c(N)ncnc32)[C@@](O)(F)[C@@H]1O. The Morgan fingerprint density at radius 2 is 2.21 bits per heavy atom. The Balaban J connectivity index is 2.13. The number of ether oxygens (including phenoxy) is 1. The highest BCUT2D eigenvalue weighted by molar-refractivity contribution is 5.81. The largest absolute Gasteiger partial charge is 0.384 e. The number of aliphatic hydroxyl groups excluding tert-OH is 1. The number of imidazole rings is 1. The number of hydrogen-bond donors (Lipinski definition) is 3. The Bertz CT molecular complexity index is 631. The Labute approximate surface area is 106 Å². The zero-order chi connectivity index (χ0) is 13.8. The molecule has 3 rings (SSSR count). The van der Waals surface area contributed by atoms with E-state index in [2.05, 4.69) is 15.0 Å². The number of aliphatic hydroxyl groups is 2. The summed E-state index contributed by atoms with van der Waals surface area (Å²) in [5, 5.41) is 19.3. The van der Waals surface area contributed by atoms with Crippen LogP contribution < -0.4 is 5.73 Å². The molecule has 0 aromatic carbocycles. The standard InChI is InChI=1S/C10H12FN5O3/c1-4-6(17)10(11,18)9(19-4)16-3-15-5-7(12)13-2-14-8(5)16/h2-4,6,9,17-18H,1H3,(H2,12,13,14)/t4-,6-,9-,10-/m1/s1. The van der Waals surface area contributed by atoms with Crippen LogP contribution in [0.5, 0.6) is 0 Å². The molecule has 3 heterocycles. The fourth-order valence-corrected chi connectivity index (χ4v) is 2.15. The number of nitrogens with two attached hydrogens (primary N) is 1. The Morgan fingerprint density at radius 1 is 1.47 bits per heavy atom. The van der Waals surface area contributed by atoms with E-state index in [9.17, 15) is 14.6 Å². The van der Waals surface area contributed by atoms with Gasteiger partial charge in [0.2, 0.25) is 0 Å². The predicted molar refractivity (Wildman–Crippen MR) is 61.4 cm³/mol. The molecule has 102 valence electrons. The van der Waals surface area contributed by atoms with E-state index >= 15 is 0 Å². The second-order valence-electron chi connectivity index (χ2n) is 4.45. The van der Waals surface area contributed by atoms with Gasteiger partial charge in [-0.05, 0) is 6.92 Å². The molecule has 0 saturated carbocycles. The van der Waals surface area contributed by atoms with Crippen LogP contribution in [0.25, 0.3) is 11.2 Å². The molecule has 1 aliphatic rings. The maximum atomic E-state index is 14.2. The molecule has 2 aromatic rings. The minimum Gasteiger partial charge on any atom is -0.384 e. The highest BCUT2D eigenvalue weighted by Gasteiger charge is 2.56. The summed E-state index contributed by atoms with van der Waals surface area (Å²) < 4.78 is 20.6. The number of rotatable bonds is 1. The molecule has 4 N–H and O–H groups in total. The van der Waals surface area contributed by atoms with Crippen molar-refractivity contribution in [3.05, 3.63) is 12.7 Å². The van der Waals surface area contributed by atoms with Crippen molar-refractivity contribution in [3.63, 3.8) is 0 Å². The number of hydrogen-bond acceptors (Lipinski definition) is 7. The quantitative estimate of drug-likeness (QED) is 0.629. The number of fused-ring (bicyclic) bond motifs is 1. The third kappa shape index (κ3) is 1.59. The van der Waals surface area contributed by atoms with Crippen molar-refractivity contribution in [1.82, 2.24) is 19.5 Å². The van der Waals surface area contributed by atoms with Gasteiger partial charge in [-0.25, -0.2) is 19.3 Å². The first-order chi connectivity index (χ1) is 8.93. The summed E-state index contributed by atoms with van der Waals surface area (Å²) in [5.74, 6) is -2.80. The molecule has 0 bridgehead atoms. The fourth-order valence-electron chi connectivity index (χ4n) is 2.15. The first kappa shape index (κ1) is 12.2. The van der Waals surface area contributed by atoms with E-state index in [0.717, 1.165) is 0 Å². The lowest BCUT2D eigenvalue weighted by atomic mass is 10.1. The van der Waals surface area contributed by atoms with Gasteiger partial charge in [-0.2, -0.15) is 0 Å². The normalized spacial score (nSPS) is 35.1. The minimum atomic E-state index is -2.94. The number of halogens is 1. The fraction of sp³-hybridized carbons (Fsp3) is 0.500. The number of aromatic nitrogens is 4. The van der Waals surface area contributed by atoms with E-state index in [1.165, 1.54) is 24.1 Å². The van der Waals surface area contributed by atoms with Crippen LogP contribution in [0, 0.1) is 0 Å². The smallest absolute Gasteiger partial charge is 0.281 e. The average Bonchev–Trinajstić information content (AvgIpc) is 2.86. The van der Waals surface area contributed by atoms with Crippen LogP contribution in [0.3, 0.4) is 0 Å². The first-order valence-corrected chi connectivity index (χ1v) is 5.60. The molecule has 1 fully saturated rings. The monoisotopic (exact) mass is 269 g/mol. The van der Waals surface area contributed by atoms with Crippen LogP contribution >= 0.6 is 0 Å². The molecular formula is C10H12FN5O3. The molecule has 1 aliphatic heterocycles. The van der Waals surface area contributed by atoms with Crippen molar-refractivity contribution in [2.75, 3.05) is 5.73 Å². The van der Waals surface area contributed by atoms with Crippen LogP contribution in [0.15, 0.2) is 12.7 Å². The summed E-state index contributed by atoms with van der Waals surface area (Å²) in [5.41, 5.74) is 6.11. The summed E-state index contributed by atoms with van der Waals surface area (Å²) >= 11 is 0. The van der Waals surface area contributed by atoms with Gasteiger partial charge < -0.3 is 20.7 Å². The maximum absolute atomic E-state index is 14.2. The summed E-state index contributed by atoms with van der Waals surface area (Å²) in [6, 6.07) is 0. The predicted octanol–water partition coefficient (Wildman–Crippen LogP) is -0.655. The number of nitrogen functional groups attached to an aromatic ring is 1. The number of anilines is 1. The van der Waals surface area contributed by atoms with E-state index in [4.69, 9.17) is 10.5 Å². The van der Waals surface area contributed by atoms with Gasteiger partial charge in [0.05, 0.1) is 12.4 Å². The Hall–Kier alpha value is -1.84. The van der Waals surface area contributed by atoms with Crippen molar-refractivity contribution in [1.29, 1.82) is 0 Å². The van der Waals surface area contributed by atoms with Gasteiger partial charge in [-0.15, -0.1) is 0 Å². The van der Waals surface area contributed by atoms with E-state index in [1.807, 2.05) is 0 Å². The summed E-state index contributed by atoms with van der Waals surface area (Å²) in [6.45, 7) is 1.46. The number of nitrogens with zero attached hydrogens (tertiary/aromatic N) is 4. The third-order valence-electron chi connectivity index (χ3n) is 3.19. The van der Waals surface area contributed by atoms with Gasteiger partial charge in [-0.1, -0.05) is 0 Å². The van der Waals surface area contributed by atoms with Gasteiger partial charge in [0.1, 0.15) is 17.9 Å². The number of alkyl halides is 1. The van der Waals surface area contributed by atoms with Crippen LogP contribution in [-0.4, -0.2) is 47.8 Å². The molecule has 0 unspecified atom stereocenters. The summed E-state index contributed by atoms with van der Waals surface area (Å²) in [7, 11) is 0.